The second-order valence-electron chi connectivity index (χ2n) is 5.67. The predicted octanol–water partition coefficient (Wildman–Crippen LogP) is 2.61. The highest BCUT2D eigenvalue weighted by Crippen LogP contribution is 2.18. The van der Waals surface area contributed by atoms with Gasteiger partial charge in [-0.3, -0.25) is 9.98 Å². The Kier molecular flexibility index (Phi) is 6.61. The highest BCUT2D eigenvalue weighted by atomic mass is 16.5. The average molecular weight is 326 g/mol. The van der Waals surface area contributed by atoms with E-state index in [0.717, 1.165) is 35.9 Å². The molecule has 0 radical (unpaired) electrons. The van der Waals surface area contributed by atoms with Crippen LogP contribution in [0.1, 0.15) is 22.4 Å². The molecular weight excluding hydrogens is 300 g/mol. The number of guanidine groups is 1. The molecule has 2 aromatic rings. The van der Waals surface area contributed by atoms with Crippen molar-refractivity contribution in [2.45, 2.75) is 26.8 Å². The fraction of sp³-hybridized carbons (Fsp3) is 0.368. The average Bonchev–Trinajstić information content (AvgIpc) is 2.60. The van der Waals surface area contributed by atoms with Crippen molar-refractivity contribution >= 4 is 5.96 Å². The monoisotopic (exact) mass is 326 g/mol. The van der Waals surface area contributed by atoms with Crippen molar-refractivity contribution < 1.29 is 4.74 Å². The number of methoxy groups -OCH3 is 1. The molecule has 128 valence electrons. The van der Waals surface area contributed by atoms with Gasteiger partial charge in [-0.1, -0.05) is 18.2 Å². The van der Waals surface area contributed by atoms with E-state index in [4.69, 9.17) is 4.74 Å². The SMILES string of the molecule is CN=C(NCCc1ccc(C)c(OC)c1)NCc1ncccc1C. The lowest BCUT2D eigenvalue weighted by molar-refractivity contribution is 0.411. The minimum atomic E-state index is 0.657. The van der Waals surface area contributed by atoms with Crippen LogP contribution in [0.4, 0.5) is 0 Å². The van der Waals surface area contributed by atoms with E-state index in [1.807, 2.05) is 19.2 Å². The molecule has 0 spiro atoms. The van der Waals surface area contributed by atoms with Crippen LogP contribution in [0.3, 0.4) is 0 Å². The Bertz CT molecular complexity index is 698. The maximum Gasteiger partial charge on any atom is 0.191 e. The number of aliphatic imine (C=N–C) groups is 1. The van der Waals surface area contributed by atoms with Crippen LogP contribution in [0.25, 0.3) is 0 Å². The van der Waals surface area contributed by atoms with E-state index in [1.165, 1.54) is 11.1 Å². The van der Waals surface area contributed by atoms with E-state index in [2.05, 4.69) is 51.8 Å². The summed E-state index contributed by atoms with van der Waals surface area (Å²) in [5.41, 5.74) is 4.59. The van der Waals surface area contributed by atoms with E-state index < -0.39 is 0 Å². The van der Waals surface area contributed by atoms with Crippen LogP contribution in [0.15, 0.2) is 41.5 Å². The predicted molar refractivity (Wildman–Crippen MR) is 98.6 cm³/mol. The summed E-state index contributed by atoms with van der Waals surface area (Å²) in [6.45, 7) is 5.56. The Morgan fingerprint density at radius 1 is 1.17 bits per heavy atom. The molecule has 0 saturated carbocycles. The maximum atomic E-state index is 5.37. The number of nitrogens with zero attached hydrogens (tertiary/aromatic N) is 2. The van der Waals surface area contributed by atoms with E-state index in [1.54, 1.807) is 14.2 Å². The number of aryl methyl sites for hydroxylation is 2. The standard InChI is InChI=1S/C19H26N4O/c1-14-6-5-10-21-17(14)13-23-19(20-3)22-11-9-16-8-7-15(2)18(12-16)24-4/h5-8,10,12H,9,11,13H2,1-4H3,(H2,20,22,23). The summed E-state index contributed by atoms with van der Waals surface area (Å²) in [5.74, 6) is 1.71. The molecule has 2 rings (SSSR count). The van der Waals surface area contributed by atoms with Crippen molar-refractivity contribution in [2.75, 3.05) is 20.7 Å². The molecule has 1 heterocycles. The Hall–Kier alpha value is -2.56. The van der Waals surface area contributed by atoms with Gasteiger partial charge in [0, 0.05) is 19.8 Å². The largest absolute Gasteiger partial charge is 0.496 e. The Labute approximate surface area is 144 Å². The molecule has 24 heavy (non-hydrogen) atoms. The first-order valence-electron chi connectivity index (χ1n) is 8.12. The van der Waals surface area contributed by atoms with Crippen molar-refractivity contribution in [2.24, 2.45) is 4.99 Å². The zero-order valence-electron chi connectivity index (χ0n) is 14.9. The maximum absolute atomic E-state index is 5.37. The molecule has 0 fully saturated rings. The fourth-order valence-electron chi connectivity index (χ4n) is 2.44. The summed E-state index contributed by atoms with van der Waals surface area (Å²) in [7, 11) is 3.48. The van der Waals surface area contributed by atoms with Gasteiger partial charge in [-0.2, -0.15) is 0 Å². The second kappa shape index (κ2) is 8.91. The molecule has 0 aliphatic carbocycles. The first-order valence-corrected chi connectivity index (χ1v) is 8.12. The molecule has 0 amide bonds. The summed E-state index contributed by atoms with van der Waals surface area (Å²) in [4.78, 5) is 8.63. The second-order valence-corrected chi connectivity index (χ2v) is 5.67. The quantitative estimate of drug-likeness (QED) is 0.633. The number of rotatable bonds is 6. The lowest BCUT2D eigenvalue weighted by Crippen LogP contribution is -2.38. The summed E-state index contributed by atoms with van der Waals surface area (Å²) in [6.07, 6.45) is 2.71. The number of pyridine rings is 1. The summed E-state index contributed by atoms with van der Waals surface area (Å²) in [5, 5.41) is 6.63. The molecule has 0 aliphatic heterocycles. The summed E-state index contributed by atoms with van der Waals surface area (Å²) < 4.78 is 5.37. The topological polar surface area (TPSA) is 58.5 Å². The third kappa shape index (κ3) is 4.98. The number of ether oxygens (including phenoxy) is 1. The van der Waals surface area contributed by atoms with Crippen LogP contribution < -0.4 is 15.4 Å². The van der Waals surface area contributed by atoms with E-state index >= 15 is 0 Å². The van der Waals surface area contributed by atoms with Gasteiger partial charge in [0.25, 0.3) is 0 Å². The summed E-state index contributed by atoms with van der Waals surface area (Å²) >= 11 is 0. The van der Waals surface area contributed by atoms with Crippen LogP contribution in [0.2, 0.25) is 0 Å². The number of benzene rings is 1. The molecule has 0 aliphatic rings. The van der Waals surface area contributed by atoms with Crippen LogP contribution >= 0.6 is 0 Å². The minimum absolute atomic E-state index is 0.657. The van der Waals surface area contributed by atoms with Gasteiger partial charge >= 0.3 is 0 Å². The fourth-order valence-corrected chi connectivity index (χ4v) is 2.44. The third-order valence-corrected chi connectivity index (χ3v) is 3.94. The van der Waals surface area contributed by atoms with Crippen molar-refractivity contribution in [3.63, 3.8) is 0 Å². The molecule has 1 aromatic carbocycles. The molecule has 0 saturated heterocycles. The van der Waals surface area contributed by atoms with Crippen LogP contribution in [0.5, 0.6) is 5.75 Å². The number of aromatic nitrogens is 1. The van der Waals surface area contributed by atoms with E-state index in [0.29, 0.717) is 6.54 Å². The minimum Gasteiger partial charge on any atom is -0.496 e. The molecule has 2 N–H and O–H groups in total. The van der Waals surface area contributed by atoms with Crippen LogP contribution in [-0.2, 0) is 13.0 Å². The van der Waals surface area contributed by atoms with Gasteiger partial charge in [0.2, 0.25) is 0 Å². The molecule has 0 atom stereocenters. The molecular formula is C19H26N4O. The number of nitrogens with one attached hydrogen (secondary N) is 2. The lowest BCUT2D eigenvalue weighted by Gasteiger charge is -2.13. The lowest BCUT2D eigenvalue weighted by atomic mass is 10.1. The smallest absolute Gasteiger partial charge is 0.191 e. The number of hydrogen-bond donors (Lipinski definition) is 2. The van der Waals surface area contributed by atoms with Gasteiger partial charge in [0.15, 0.2) is 5.96 Å². The van der Waals surface area contributed by atoms with Gasteiger partial charge in [0.05, 0.1) is 19.3 Å². The van der Waals surface area contributed by atoms with E-state index in [9.17, 15) is 0 Å². The molecule has 5 nitrogen and oxygen atoms in total. The third-order valence-electron chi connectivity index (χ3n) is 3.94. The Morgan fingerprint density at radius 2 is 2.00 bits per heavy atom. The molecule has 5 heteroatoms. The van der Waals surface area contributed by atoms with Gasteiger partial charge < -0.3 is 15.4 Å². The summed E-state index contributed by atoms with van der Waals surface area (Å²) in [6, 6.07) is 10.3. The highest BCUT2D eigenvalue weighted by Gasteiger charge is 2.03. The Balaban J connectivity index is 1.83. The molecule has 0 bridgehead atoms. The van der Waals surface area contributed by atoms with Gasteiger partial charge in [0.1, 0.15) is 5.75 Å². The first kappa shape index (κ1) is 17.8. The first-order chi connectivity index (χ1) is 11.6. The number of hydrogen-bond acceptors (Lipinski definition) is 3. The van der Waals surface area contributed by atoms with Crippen molar-refractivity contribution in [1.29, 1.82) is 0 Å². The van der Waals surface area contributed by atoms with Gasteiger partial charge in [-0.05, 0) is 49.1 Å². The van der Waals surface area contributed by atoms with Crippen LogP contribution in [0, 0.1) is 13.8 Å². The highest BCUT2D eigenvalue weighted by molar-refractivity contribution is 5.79. The van der Waals surface area contributed by atoms with Crippen molar-refractivity contribution in [3.8, 4) is 5.75 Å². The van der Waals surface area contributed by atoms with Crippen molar-refractivity contribution in [1.82, 2.24) is 15.6 Å². The normalized spacial score (nSPS) is 11.2. The Morgan fingerprint density at radius 3 is 2.71 bits per heavy atom. The van der Waals surface area contributed by atoms with Gasteiger partial charge in [-0.25, -0.2) is 0 Å². The molecule has 0 unspecified atom stereocenters. The van der Waals surface area contributed by atoms with Gasteiger partial charge in [-0.15, -0.1) is 0 Å². The zero-order chi connectivity index (χ0) is 17.4. The van der Waals surface area contributed by atoms with Crippen LogP contribution in [-0.4, -0.2) is 31.6 Å². The van der Waals surface area contributed by atoms with E-state index in [-0.39, 0.29) is 0 Å². The molecule has 1 aromatic heterocycles. The zero-order valence-corrected chi connectivity index (χ0v) is 14.9. The van der Waals surface area contributed by atoms with Crippen molar-refractivity contribution in [3.05, 3.63) is 58.9 Å².